The van der Waals surface area contributed by atoms with Crippen molar-refractivity contribution in [1.29, 1.82) is 0 Å². The second-order valence-corrected chi connectivity index (χ2v) is 5.16. The standard InChI is InChI=1S/C11H16O/c1-10(2)6-7-11(3)5-4-8(12)9(10)11/h4-5,9H,6-7H2,1-3H3/t9-,11+/m0/s1. The molecule has 0 amide bonds. The quantitative estimate of drug-likeness (QED) is 0.537. The van der Waals surface area contributed by atoms with Crippen molar-refractivity contribution in [2.45, 2.75) is 33.6 Å². The van der Waals surface area contributed by atoms with Gasteiger partial charge in [-0.15, -0.1) is 0 Å². The summed E-state index contributed by atoms with van der Waals surface area (Å²) in [6.07, 6.45) is 6.26. The molecule has 1 saturated carbocycles. The van der Waals surface area contributed by atoms with Crippen LogP contribution in [0.4, 0.5) is 0 Å². The van der Waals surface area contributed by atoms with Crippen molar-refractivity contribution in [2.75, 3.05) is 0 Å². The number of hydrogen-bond acceptors (Lipinski definition) is 1. The first-order valence-corrected chi connectivity index (χ1v) is 4.69. The molecule has 0 aliphatic heterocycles. The summed E-state index contributed by atoms with van der Waals surface area (Å²) < 4.78 is 0. The Morgan fingerprint density at radius 1 is 1.33 bits per heavy atom. The van der Waals surface area contributed by atoms with Gasteiger partial charge in [-0.3, -0.25) is 4.79 Å². The molecule has 1 fully saturated rings. The average molecular weight is 164 g/mol. The highest BCUT2D eigenvalue weighted by atomic mass is 16.1. The Bertz CT molecular complexity index is 262. The highest BCUT2D eigenvalue weighted by molar-refractivity contribution is 5.96. The number of rotatable bonds is 0. The Kier molecular flexibility index (Phi) is 1.35. The van der Waals surface area contributed by atoms with Gasteiger partial charge in [-0.25, -0.2) is 0 Å². The lowest BCUT2D eigenvalue weighted by molar-refractivity contribution is -0.121. The van der Waals surface area contributed by atoms with Crippen LogP contribution in [0.2, 0.25) is 0 Å². The van der Waals surface area contributed by atoms with Crippen LogP contribution < -0.4 is 0 Å². The molecule has 1 nitrogen and oxygen atoms in total. The number of allylic oxidation sites excluding steroid dienone is 2. The molecule has 0 radical (unpaired) electrons. The molecule has 0 spiro atoms. The van der Waals surface area contributed by atoms with Crippen molar-refractivity contribution in [2.24, 2.45) is 16.7 Å². The fourth-order valence-electron chi connectivity index (χ4n) is 3.03. The van der Waals surface area contributed by atoms with Crippen molar-refractivity contribution < 1.29 is 4.79 Å². The van der Waals surface area contributed by atoms with E-state index in [1.54, 1.807) is 6.08 Å². The number of fused-ring (bicyclic) bond motifs is 1. The molecule has 12 heavy (non-hydrogen) atoms. The van der Waals surface area contributed by atoms with Crippen molar-refractivity contribution in [3.05, 3.63) is 12.2 Å². The number of hydrogen-bond donors (Lipinski definition) is 0. The molecule has 66 valence electrons. The monoisotopic (exact) mass is 164 g/mol. The van der Waals surface area contributed by atoms with E-state index in [4.69, 9.17) is 0 Å². The minimum atomic E-state index is 0.181. The summed E-state index contributed by atoms with van der Waals surface area (Å²) in [4.78, 5) is 11.6. The molecule has 2 aliphatic carbocycles. The van der Waals surface area contributed by atoms with E-state index in [1.165, 1.54) is 12.8 Å². The number of ketones is 1. The van der Waals surface area contributed by atoms with Gasteiger partial charge >= 0.3 is 0 Å². The van der Waals surface area contributed by atoms with Crippen LogP contribution in [0.3, 0.4) is 0 Å². The van der Waals surface area contributed by atoms with Crippen LogP contribution in [0.5, 0.6) is 0 Å². The number of carbonyl (C=O) groups excluding carboxylic acids is 1. The second-order valence-electron chi connectivity index (χ2n) is 5.16. The maximum Gasteiger partial charge on any atom is 0.159 e. The molecule has 0 saturated heterocycles. The average Bonchev–Trinajstić information content (AvgIpc) is 2.36. The summed E-state index contributed by atoms with van der Waals surface area (Å²) in [7, 11) is 0. The van der Waals surface area contributed by atoms with Crippen LogP contribution in [0, 0.1) is 16.7 Å². The molecule has 1 heteroatoms. The SMILES string of the molecule is CC1(C)CC[C@@]2(C)C=CC(=O)[C@@H]12. The van der Waals surface area contributed by atoms with E-state index in [0.717, 1.165) is 0 Å². The first-order valence-electron chi connectivity index (χ1n) is 4.69. The van der Waals surface area contributed by atoms with Gasteiger partial charge < -0.3 is 0 Å². The minimum Gasteiger partial charge on any atom is -0.295 e. The summed E-state index contributed by atoms with van der Waals surface area (Å²) >= 11 is 0. The van der Waals surface area contributed by atoms with E-state index in [0.29, 0.717) is 5.78 Å². The van der Waals surface area contributed by atoms with Crippen molar-refractivity contribution in [3.8, 4) is 0 Å². The number of carbonyl (C=O) groups is 1. The first-order chi connectivity index (χ1) is 5.46. The topological polar surface area (TPSA) is 17.1 Å². The lowest BCUT2D eigenvalue weighted by atomic mass is 9.73. The molecule has 2 rings (SSSR count). The highest BCUT2D eigenvalue weighted by Gasteiger charge is 2.53. The lowest BCUT2D eigenvalue weighted by Crippen LogP contribution is -2.30. The Morgan fingerprint density at radius 2 is 2.00 bits per heavy atom. The zero-order chi connectivity index (χ0) is 8.98. The van der Waals surface area contributed by atoms with Gasteiger partial charge in [0, 0.05) is 5.92 Å². The Balaban J connectivity index is 2.42. The van der Waals surface area contributed by atoms with Gasteiger partial charge in [-0.1, -0.05) is 26.8 Å². The maximum atomic E-state index is 11.6. The second kappa shape index (κ2) is 2.01. The Hall–Kier alpha value is -0.590. The fraction of sp³-hybridized carbons (Fsp3) is 0.727. The van der Waals surface area contributed by atoms with Gasteiger partial charge in [0.15, 0.2) is 5.78 Å². The minimum absolute atomic E-state index is 0.181. The summed E-state index contributed by atoms with van der Waals surface area (Å²) in [5.74, 6) is 0.602. The van der Waals surface area contributed by atoms with Crippen molar-refractivity contribution in [1.82, 2.24) is 0 Å². The third-order valence-electron chi connectivity index (χ3n) is 3.66. The molecule has 0 aromatic rings. The van der Waals surface area contributed by atoms with E-state index in [-0.39, 0.29) is 16.7 Å². The van der Waals surface area contributed by atoms with Gasteiger partial charge in [-0.2, -0.15) is 0 Å². The predicted octanol–water partition coefficient (Wildman–Crippen LogP) is 2.57. The lowest BCUT2D eigenvalue weighted by Gasteiger charge is -2.29. The van der Waals surface area contributed by atoms with Crippen molar-refractivity contribution >= 4 is 5.78 Å². The summed E-state index contributed by atoms with van der Waals surface area (Å²) in [6, 6.07) is 0. The fourth-order valence-corrected chi connectivity index (χ4v) is 3.03. The Labute approximate surface area is 73.8 Å². The largest absolute Gasteiger partial charge is 0.295 e. The van der Waals surface area contributed by atoms with Gasteiger partial charge in [0.2, 0.25) is 0 Å². The summed E-state index contributed by atoms with van der Waals surface area (Å²) in [6.45, 7) is 6.65. The molecular weight excluding hydrogens is 148 g/mol. The maximum absolute atomic E-state index is 11.6. The molecule has 0 heterocycles. The van der Waals surface area contributed by atoms with Crippen LogP contribution in [0.1, 0.15) is 33.6 Å². The zero-order valence-corrected chi connectivity index (χ0v) is 8.05. The van der Waals surface area contributed by atoms with E-state index >= 15 is 0 Å². The van der Waals surface area contributed by atoms with E-state index in [9.17, 15) is 4.79 Å². The van der Waals surface area contributed by atoms with Crippen LogP contribution in [-0.2, 0) is 4.79 Å². The van der Waals surface area contributed by atoms with Gasteiger partial charge in [-0.05, 0) is 29.7 Å². The highest BCUT2D eigenvalue weighted by Crippen LogP contribution is 2.57. The zero-order valence-electron chi connectivity index (χ0n) is 8.05. The molecule has 0 bridgehead atoms. The molecule has 0 unspecified atom stereocenters. The smallest absolute Gasteiger partial charge is 0.159 e. The Morgan fingerprint density at radius 3 is 2.58 bits per heavy atom. The van der Waals surface area contributed by atoms with Crippen LogP contribution in [0.25, 0.3) is 0 Å². The van der Waals surface area contributed by atoms with Crippen molar-refractivity contribution in [3.63, 3.8) is 0 Å². The van der Waals surface area contributed by atoms with Gasteiger partial charge in [0.1, 0.15) is 0 Å². The van der Waals surface area contributed by atoms with Gasteiger partial charge in [0.05, 0.1) is 0 Å². The van der Waals surface area contributed by atoms with E-state index < -0.39 is 0 Å². The van der Waals surface area contributed by atoms with Crippen LogP contribution in [0.15, 0.2) is 12.2 Å². The van der Waals surface area contributed by atoms with Gasteiger partial charge in [0.25, 0.3) is 0 Å². The molecule has 2 atom stereocenters. The van der Waals surface area contributed by atoms with Crippen LogP contribution in [-0.4, -0.2) is 5.78 Å². The predicted molar refractivity (Wildman–Crippen MR) is 48.8 cm³/mol. The normalized spacial score (nSPS) is 43.6. The molecular formula is C11H16O. The summed E-state index contributed by atoms with van der Waals surface area (Å²) in [5.41, 5.74) is 0.399. The molecule has 0 N–H and O–H groups in total. The third kappa shape index (κ3) is 0.825. The third-order valence-corrected chi connectivity index (χ3v) is 3.66. The first kappa shape index (κ1) is 8.03. The van der Waals surface area contributed by atoms with Crippen LogP contribution >= 0.6 is 0 Å². The van der Waals surface area contributed by atoms with E-state index in [2.05, 4.69) is 26.8 Å². The molecule has 0 aromatic heterocycles. The van der Waals surface area contributed by atoms with E-state index in [1.807, 2.05) is 0 Å². The summed E-state index contributed by atoms with van der Waals surface area (Å²) in [5, 5.41) is 0. The molecule has 0 aromatic carbocycles. The molecule has 2 aliphatic rings.